The highest BCUT2D eigenvalue weighted by Gasteiger charge is 2.32. The lowest BCUT2D eigenvalue weighted by molar-refractivity contribution is -0.137. The summed E-state index contributed by atoms with van der Waals surface area (Å²) < 4.78 is 38.6. The molecule has 0 aliphatic carbocycles. The van der Waals surface area contributed by atoms with Crippen molar-refractivity contribution in [3.8, 4) is 0 Å². The summed E-state index contributed by atoms with van der Waals surface area (Å²) in [5.74, 6) is -1.74. The highest BCUT2D eigenvalue weighted by Crippen LogP contribution is 2.29. The Hall–Kier alpha value is -3.24. The Balaban J connectivity index is 1.56. The third-order valence-electron chi connectivity index (χ3n) is 6.04. The van der Waals surface area contributed by atoms with E-state index in [9.17, 15) is 27.6 Å². The summed E-state index contributed by atoms with van der Waals surface area (Å²) >= 11 is 0. The predicted octanol–water partition coefficient (Wildman–Crippen LogP) is 2.34. The summed E-state index contributed by atoms with van der Waals surface area (Å²) in [4.78, 5) is 38.5. The number of alkyl halides is 3. The molecule has 0 aromatic heterocycles. The van der Waals surface area contributed by atoms with E-state index in [1.165, 1.54) is 6.07 Å². The Morgan fingerprint density at radius 2 is 1.76 bits per heavy atom. The van der Waals surface area contributed by atoms with Gasteiger partial charge in [0, 0.05) is 36.2 Å². The van der Waals surface area contributed by atoms with E-state index >= 15 is 0 Å². The number of likely N-dealkylation sites (tertiary alicyclic amines) is 1. The minimum absolute atomic E-state index is 0.0703. The van der Waals surface area contributed by atoms with Crippen LogP contribution in [0, 0.1) is 5.92 Å². The number of nitrogens with zero attached hydrogens (tertiary/aromatic N) is 1. The van der Waals surface area contributed by atoms with Crippen molar-refractivity contribution in [3.63, 3.8) is 0 Å². The van der Waals surface area contributed by atoms with Crippen LogP contribution < -0.4 is 16.8 Å². The SMILES string of the molecule is NCC1CC(C(=O)CNC(=O)c2cccc(C(F)(F)F)c2)CCN1Cc1cccc(C(N)=O)c1. The number of nitrogens with two attached hydrogens (primary N) is 2. The van der Waals surface area contributed by atoms with Crippen molar-refractivity contribution in [1.82, 2.24) is 10.2 Å². The van der Waals surface area contributed by atoms with Crippen LogP contribution in [0.15, 0.2) is 48.5 Å². The number of amides is 2. The predicted molar refractivity (Wildman–Crippen MR) is 120 cm³/mol. The van der Waals surface area contributed by atoms with Gasteiger partial charge in [0.1, 0.15) is 0 Å². The molecule has 1 heterocycles. The monoisotopic (exact) mass is 476 g/mol. The smallest absolute Gasteiger partial charge is 0.366 e. The lowest BCUT2D eigenvalue weighted by atomic mass is 9.87. The molecule has 0 spiro atoms. The van der Waals surface area contributed by atoms with Gasteiger partial charge in [-0.1, -0.05) is 18.2 Å². The van der Waals surface area contributed by atoms with E-state index in [2.05, 4.69) is 10.2 Å². The molecule has 2 unspecified atom stereocenters. The fraction of sp³-hybridized carbons (Fsp3) is 0.375. The minimum Gasteiger partial charge on any atom is -0.366 e. The van der Waals surface area contributed by atoms with E-state index in [-0.39, 0.29) is 29.9 Å². The Bertz CT molecular complexity index is 1060. The standard InChI is InChI=1S/C24H27F3N4O3/c25-24(26,27)19-6-2-5-18(10-19)23(34)30-13-21(32)16-7-8-31(20(11-16)12-28)14-15-3-1-4-17(9-15)22(29)33/h1-6,9-10,16,20H,7-8,11-14,28H2,(H2,29,33)(H,30,34). The van der Waals surface area contributed by atoms with Gasteiger partial charge >= 0.3 is 6.18 Å². The van der Waals surface area contributed by atoms with E-state index in [1.807, 2.05) is 6.07 Å². The molecule has 5 N–H and O–H groups in total. The summed E-state index contributed by atoms with van der Waals surface area (Å²) in [7, 11) is 0. The van der Waals surface area contributed by atoms with Crippen molar-refractivity contribution in [2.75, 3.05) is 19.6 Å². The van der Waals surface area contributed by atoms with Gasteiger partial charge in [0.05, 0.1) is 12.1 Å². The highest BCUT2D eigenvalue weighted by molar-refractivity contribution is 5.97. The van der Waals surface area contributed by atoms with E-state index in [4.69, 9.17) is 11.5 Å². The number of primary amides is 1. The molecule has 10 heteroatoms. The average Bonchev–Trinajstić information content (AvgIpc) is 2.82. The quantitative estimate of drug-likeness (QED) is 0.541. The molecule has 0 radical (unpaired) electrons. The number of benzene rings is 2. The molecule has 1 saturated heterocycles. The van der Waals surface area contributed by atoms with Gasteiger partial charge in [-0.15, -0.1) is 0 Å². The van der Waals surface area contributed by atoms with Crippen LogP contribution in [0.25, 0.3) is 0 Å². The number of carbonyl (C=O) groups excluding carboxylic acids is 3. The number of nitrogens with one attached hydrogen (secondary N) is 1. The van der Waals surface area contributed by atoms with Crippen LogP contribution in [0.4, 0.5) is 13.2 Å². The second kappa shape index (κ2) is 10.8. The normalized spacial score (nSPS) is 18.9. The van der Waals surface area contributed by atoms with Crippen molar-refractivity contribution in [1.29, 1.82) is 0 Å². The molecule has 2 aromatic rings. The maximum atomic E-state index is 12.9. The second-order valence-corrected chi connectivity index (χ2v) is 8.37. The Morgan fingerprint density at radius 1 is 1.06 bits per heavy atom. The number of hydrogen-bond donors (Lipinski definition) is 3. The molecule has 2 aromatic carbocycles. The first-order valence-corrected chi connectivity index (χ1v) is 10.9. The lowest BCUT2D eigenvalue weighted by Gasteiger charge is -2.38. The molecule has 7 nitrogen and oxygen atoms in total. The highest BCUT2D eigenvalue weighted by atomic mass is 19.4. The molecule has 1 fully saturated rings. The molecular formula is C24H27F3N4O3. The number of carbonyl (C=O) groups is 3. The fourth-order valence-corrected chi connectivity index (χ4v) is 4.15. The van der Waals surface area contributed by atoms with E-state index < -0.39 is 23.6 Å². The molecule has 3 rings (SSSR count). The molecule has 182 valence electrons. The molecule has 2 atom stereocenters. The summed E-state index contributed by atoms with van der Waals surface area (Å²) in [6.45, 7) is 1.21. The van der Waals surface area contributed by atoms with Gasteiger partial charge in [0.15, 0.2) is 5.78 Å². The van der Waals surface area contributed by atoms with Gasteiger partial charge < -0.3 is 16.8 Å². The van der Waals surface area contributed by atoms with E-state index in [0.717, 1.165) is 23.8 Å². The van der Waals surface area contributed by atoms with Crippen LogP contribution in [-0.4, -0.2) is 48.2 Å². The minimum atomic E-state index is -4.56. The van der Waals surface area contributed by atoms with Crippen molar-refractivity contribution in [2.24, 2.45) is 17.4 Å². The van der Waals surface area contributed by atoms with Gasteiger partial charge in [-0.25, -0.2) is 0 Å². The number of hydrogen-bond acceptors (Lipinski definition) is 5. The molecule has 34 heavy (non-hydrogen) atoms. The summed E-state index contributed by atoms with van der Waals surface area (Å²) in [6, 6.07) is 11.0. The maximum absolute atomic E-state index is 12.9. The zero-order valence-corrected chi connectivity index (χ0v) is 18.5. The lowest BCUT2D eigenvalue weighted by Crippen LogP contribution is -2.48. The van der Waals surface area contributed by atoms with Gasteiger partial charge in [0.2, 0.25) is 5.91 Å². The third-order valence-corrected chi connectivity index (χ3v) is 6.04. The van der Waals surface area contributed by atoms with Crippen LogP contribution in [0.2, 0.25) is 0 Å². The number of halogens is 3. The summed E-state index contributed by atoms with van der Waals surface area (Å²) in [5.41, 5.74) is 11.5. The molecule has 0 bridgehead atoms. The van der Waals surface area contributed by atoms with Gasteiger partial charge in [-0.05, 0) is 55.3 Å². The van der Waals surface area contributed by atoms with E-state index in [0.29, 0.717) is 38.0 Å². The zero-order chi connectivity index (χ0) is 24.9. The molecule has 1 aliphatic rings. The maximum Gasteiger partial charge on any atom is 0.416 e. The van der Waals surface area contributed by atoms with Crippen LogP contribution in [0.3, 0.4) is 0 Å². The van der Waals surface area contributed by atoms with Crippen LogP contribution in [0.5, 0.6) is 0 Å². The van der Waals surface area contributed by atoms with Gasteiger partial charge in [0.25, 0.3) is 5.91 Å². The van der Waals surface area contributed by atoms with Crippen molar-refractivity contribution >= 4 is 17.6 Å². The summed E-state index contributed by atoms with van der Waals surface area (Å²) in [6.07, 6.45) is -3.49. The zero-order valence-electron chi connectivity index (χ0n) is 18.5. The Kier molecular flexibility index (Phi) is 8.06. The van der Waals surface area contributed by atoms with Gasteiger partial charge in [-0.2, -0.15) is 13.2 Å². The van der Waals surface area contributed by atoms with Crippen molar-refractivity contribution < 1.29 is 27.6 Å². The van der Waals surface area contributed by atoms with E-state index in [1.54, 1.807) is 18.2 Å². The first-order chi connectivity index (χ1) is 16.1. The van der Waals surface area contributed by atoms with Crippen molar-refractivity contribution in [3.05, 3.63) is 70.8 Å². The third kappa shape index (κ3) is 6.42. The summed E-state index contributed by atoms with van der Waals surface area (Å²) in [5, 5.41) is 2.43. The number of Topliss-reactive ketones (excluding diaryl/α,β-unsaturated/α-hetero) is 1. The second-order valence-electron chi connectivity index (χ2n) is 8.37. The number of rotatable bonds is 8. The largest absolute Gasteiger partial charge is 0.416 e. The molecule has 1 aliphatic heterocycles. The first kappa shape index (κ1) is 25.4. The number of piperidine rings is 1. The molecule has 2 amide bonds. The first-order valence-electron chi connectivity index (χ1n) is 10.9. The van der Waals surface area contributed by atoms with Crippen molar-refractivity contribution in [2.45, 2.75) is 31.6 Å². The van der Waals surface area contributed by atoms with Crippen LogP contribution >= 0.6 is 0 Å². The molecular weight excluding hydrogens is 449 g/mol. The fourth-order valence-electron chi connectivity index (χ4n) is 4.15. The number of ketones is 1. The van der Waals surface area contributed by atoms with Crippen LogP contribution in [0.1, 0.15) is 44.7 Å². The molecule has 0 saturated carbocycles. The van der Waals surface area contributed by atoms with Gasteiger partial charge in [-0.3, -0.25) is 19.3 Å². The Morgan fingerprint density at radius 3 is 2.44 bits per heavy atom. The average molecular weight is 476 g/mol. The Labute approximate surface area is 195 Å². The van der Waals surface area contributed by atoms with Crippen LogP contribution in [-0.2, 0) is 17.5 Å². The topological polar surface area (TPSA) is 119 Å².